The van der Waals surface area contributed by atoms with E-state index in [-0.39, 0.29) is 0 Å². The van der Waals surface area contributed by atoms with E-state index in [1.165, 1.54) is 46.8 Å². The monoisotopic (exact) mass is 344 g/mol. The highest BCUT2D eigenvalue weighted by atomic mass is 16.3. The van der Waals surface area contributed by atoms with Gasteiger partial charge in [0.1, 0.15) is 11.3 Å². The Kier molecular flexibility index (Phi) is 3.83. The molecule has 1 fully saturated rings. The number of nitrogens with one attached hydrogen (secondary N) is 1. The van der Waals surface area contributed by atoms with Gasteiger partial charge in [0.2, 0.25) is 0 Å². The van der Waals surface area contributed by atoms with Gasteiger partial charge in [-0.3, -0.25) is 0 Å². The third-order valence-electron chi connectivity index (χ3n) is 5.81. The van der Waals surface area contributed by atoms with Crippen LogP contribution in [0.25, 0.3) is 33.0 Å². The molecule has 1 aliphatic rings. The second-order valence-electron chi connectivity index (χ2n) is 7.49. The van der Waals surface area contributed by atoms with Crippen LogP contribution in [0, 0.1) is 0 Å². The molecule has 0 saturated carbocycles. The van der Waals surface area contributed by atoms with E-state index < -0.39 is 0 Å². The van der Waals surface area contributed by atoms with Crippen molar-refractivity contribution in [2.24, 2.45) is 0 Å². The van der Waals surface area contributed by atoms with Crippen molar-refractivity contribution in [1.82, 2.24) is 9.88 Å². The molecule has 1 saturated heterocycles. The van der Waals surface area contributed by atoms with E-state index in [0.29, 0.717) is 6.04 Å². The van der Waals surface area contributed by atoms with Gasteiger partial charge in [0, 0.05) is 41.5 Å². The van der Waals surface area contributed by atoms with Gasteiger partial charge in [-0.05, 0) is 61.7 Å². The fraction of sp³-hybridized carbons (Fsp3) is 0.304. The summed E-state index contributed by atoms with van der Waals surface area (Å²) in [6.07, 6.45) is 5.64. The number of nitrogens with zero attached hydrogens (tertiary/aromatic N) is 1. The van der Waals surface area contributed by atoms with Crippen molar-refractivity contribution in [3.05, 3.63) is 60.5 Å². The Morgan fingerprint density at radius 3 is 3.00 bits per heavy atom. The zero-order chi connectivity index (χ0) is 17.5. The number of aromatic amines is 1. The van der Waals surface area contributed by atoms with Crippen LogP contribution >= 0.6 is 0 Å². The summed E-state index contributed by atoms with van der Waals surface area (Å²) in [4.78, 5) is 5.86. The summed E-state index contributed by atoms with van der Waals surface area (Å²) in [5.74, 6) is 1.09. The average molecular weight is 344 g/mol. The molecule has 26 heavy (non-hydrogen) atoms. The van der Waals surface area contributed by atoms with E-state index >= 15 is 0 Å². The van der Waals surface area contributed by atoms with Gasteiger partial charge in [-0.25, -0.2) is 0 Å². The van der Waals surface area contributed by atoms with Crippen LogP contribution in [0.2, 0.25) is 0 Å². The maximum absolute atomic E-state index is 6.18. The molecule has 1 unspecified atom stereocenters. The van der Waals surface area contributed by atoms with E-state index in [4.69, 9.17) is 4.42 Å². The molecular formula is C23H24N2O. The number of H-pyrrole nitrogens is 1. The minimum absolute atomic E-state index is 0.716. The zero-order valence-corrected chi connectivity index (χ0v) is 15.2. The maximum atomic E-state index is 6.18. The van der Waals surface area contributed by atoms with Gasteiger partial charge in [-0.1, -0.05) is 24.3 Å². The first-order chi connectivity index (χ1) is 12.8. The lowest BCUT2D eigenvalue weighted by atomic mass is 10.0. The van der Waals surface area contributed by atoms with Crippen LogP contribution in [0.15, 0.2) is 59.1 Å². The minimum atomic E-state index is 0.716. The summed E-state index contributed by atoms with van der Waals surface area (Å²) in [5.41, 5.74) is 4.60. The number of rotatable bonds is 4. The number of aromatic nitrogens is 1. The summed E-state index contributed by atoms with van der Waals surface area (Å²) in [6.45, 7) is 4.66. The number of benzene rings is 2. The molecule has 2 aromatic heterocycles. The number of likely N-dealkylation sites (tertiary alicyclic amines) is 1. The molecule has 1 atom stereocenters. The van der Waals surface area contributed by atoms with E-state index in [1.807, 2.05) is 6.20 Å². The van der Waals surface area contributed by atoms with Gasteiger partial charge >= 0.3 is 0 Å². The van der Waals surface area contributed by atoms with Crippen LogP contribution in [0.4, 0.5) is 0 Å². The van der Waals surface area contributed by atoms with Gasteiger partial charge < -0.3 is 14.3 Å². The van der Waals surface area contributed by atoms with Crippen LogP contribution in [-0.4, -0.2) is 29.0 Å². The summed E-state index contributed by atoms with van der Waals surface area (Å²) < 4.78 is 6.18. The van der Waals surface area contributed by atoms with E-state index in [9.17, 15) is 0 Å². The van der Waals surface area contributed by atoms with Gasteiger partial charge in [0.15, 0.2) is 0 Å². The molecule has 4 aromatic rings. The second-order valence-corrected chi connectivity index (χ2v) is 7.49. The second kappa shape index (κ2) is 6.33. The summed E-state index contributed by atoms with van der Waals surface area (Å²) >= 11 is 0. The lowest BCUT2D eigenvalue weighted by molar-refractivity contribution is 0.266. The van der Waals surface area contributed by atoms with Gasteiger partial charge in [-0.2, -0.15) is 0 Å². The highest BCUT2D eigenvalue weighted by molar-refractivity contribution is 5.97. The predicted molar refractivity (Wildman–Crippen MR) is 107 cm³/mol. The highest BCUT2D eigenvalue weighted by Crippen LogP contribution is 2.31. The Bertz CT molecular complexity index is 1060. The molecule has 2 aromatic carbocycles. The largest absolute Gasteiger partial charge is 0.461 e. The van der Waals surface area contributed by atoms with Crippen molar-refractivity contribution in [3.63, 3.8) is 0 Å². The lowest BCUT2D eigenvalue weighted by Crippen LogP contribution is -2.28. The van der Waals surface area contributed by atoms with Crippen molar-refractivity contribution in [1.29, 1.82) is 0 Å². The van der Waals surface area contributed by atoms with Crippen LogP contribution in [0.3, 0.4) is 0 Å². The lowest BCUT2D eigenvalue weighted by Gasteiger charge is -2.19. The Morgan fingerprint density at radius 1 is 1.15 bits per heavy atom. The molecule has 5 rings (SSSR count). The normalized spacial score (nSPS) is 18.3. The molecule has 1 N–H and O–H groups in total. The van der Waals surface area contributed by atoms with Crippen molar-refractivity contribution in [2.75, 3.05) is 13.1 Å². The third kappa shape index (κ3) is 2.73. The van der Waals surface area contributed by atoms with Crippen molar-refractivity contribution in [3.8, 4) is 11.1 Å². The summed E-state index contributed by atoms with van der Waals surface area (Å²) in [6, 6.07) is 18.0. The molecule has 3 heterocycles. The van der Waals surface area contributed by atoms with Gasteiger partial charge in [-0.15, -0.1) is 0 Å². The van der Waals surface area contributed by atoms with Crippen LogP contribution in [-0.2, 0) is 6.42 Å². The first-order valence-electron chi connectivity index (χ1n) is 9.61. The molecular weight excluding hydrogens is 320 g/mol. The molecule has 0 radical (unpaired) electrons. The van der Waals surface area contributed by atoms with Crippen LogP contribution in [0.1, 0.15) is 25.5 Å². The van der Waals surface area contributed by atoms with E-state index in [1.54, 1.807) is 0 Å². The Morgan fingerprint density at radius 2 is 2.12 bits per heavy atom. The molecule has 3 nitrogen and oxygen atoms in total. The molecule has 132 valence electrons. The first kappa shape index (κ1) is 15.7. The quantitative estimate of drug-likeness (QED) is 0.522. The summed E-state index contributed by atoms with van der Waals surface area (Å²) in [5, 5.41) is 2.45. The standard InChI is InChI=1S/C23H24N2O/c1-16-4-3-12-25(16)13-10-19-14-18-8-7-17(15-23(18)26-19)20-5-2-6-22-21(20)9-11-24-22/h2,5-9,11,14-16,24H,3-4,10,12-13H2,1H3. The van der Waals surface area contributed by atoms with Crippen molar-refractivity contribution >= 4 is 21.9 Å². The highest BCUT2D eigenvalue weighted by Gasteiger charge is 2.20. The summed E-state index contributed by atoms with van der Waals surface area (Å²) in [7, 11) is 0. The van der Waals surface area contributed by atoms with Crippen LogP contribution in [0.5, 0.6) is 0 Å². The van der Waals surface area contributed by atoms with E-state index in [0.717, 1.165) is 24.3 Å². The smallest absolute Gasteiger partial charge is 0.134 e. The first-order valence-corrected chi connectivity index (χ1v) is 9.61. The molecule has 3 heteroatoms. The van der Waals surface area contributed by atoms with Crippen LogP contribution < -0.4 is 0 Å². The fourth-order valence-electron chi connectivity index (χ4n) is 4.29. The minimum Gasteiger partial charge on any atom is -0.461 e. The molecule has 1 aliphatic heterocycles. The third-order valence-corrected chi connectivity index (χ3v) is 5.81. The number of hydrogen-bond donors (Lipinski definition) is 1. The number of fused-ring (bicyclic) bond motifs is 2. The Labute approximate surface area is 153 Å². The topological polar surface area (TPSA) is 32.2 Å². The molecule has 0 bridgehead atoms. The van der Waals surface area contributed by atoms with Crippen molar-refractivity contribution in [2.45, 2.75) is 32.2 Å². The maximum Gasteiger partial charge on any atom is 0.134 e. The average Bonchev–Trinajstić information content (AvgIpc) is 3.38. The van der Waals surface area contributed by atoms with Gasteiger partial charge in [0.25, 0.3) is 0 Å². The SMILES string of the molecule is CC1CCCN1CCc1cc2ccc(-c3cccc4[nH]ccc34)cc2o1. The molecule has 0 spiro atoms. The molecule has 0 aliphatic carbocycles. The fourth-order valence-corrected chi connectivity index (χ4v) is 4.29. The van der Waals surface area contributed by atoms with Crippen molar-refractivity contribution < 1.29 is 4.42 Å². The number of furan rings is 1. The number of hydrogen-bond acceptors (Lipinski definition) is 2. The van der Waals surface area contributed by atoms with E-state index in [2.05, 4.69) is 65.3 Å². The van der Waals surface area contributed by atoms with Gasteiger partial charge in [0.05, 0.1) is 0 Å². The predicted octanol–water partition coefficient (Wildman–Crippen LogP) is 5.61. The zero-order valence-electron chi connectivity index (χ0n) is 15.2. The molecule has 0 amide bonds. The Hall–Kier alpha value is -2.52. The Balaban J connectivity index is 1.44.